The van der Waals surface area contributed by atoms with Gasteiger partial charge in [0.1, 0.15) is 29.0 Å². The number of imidazole rings is 1. The molecule has 4 aromatic rings. The number of ether oxygens (including phenoxy) is 1. The Kier molecular flexibility index (Phi) is 5.16. The Hall–Kier alpha value is -3.80. The lowest BCUT2D eigenvalue weighted by Gasteiger charge is -2.20. The first-order valence-corrected chi connectivity index (χ1v) is 9.23. The summed E-state index contributed by atoms with van der Waals surface area (Å²) >= 11 is 0. The molecule has 1 amide bonds. The van der Waals surface area contributed by atoms with Crippen molar-refractivity contribution in [1.29, 1.82) is 0 Å². The largest absolute Gasteiger partial charge is 0.496 e. The molecule has 0 bridgehead atoms. The second-order valence-electron chi connectivity index (χ2n) is 6.60. The first kappa shape index (κ1) is 18.6. The molecule has 0 saturated carbocycles. The number of para-hydroxylation sites is 2. The van der Waals surface area contributed by atoms with E-state index in [0.717, 1.165) is 16.5 Å². The fourth-order valence-electron chi connectivity index (χ4n) is 3.27. The number of hydrogen-bond donors (Lipinski definition) is 1. The molecule has 146 valence electrons. The van der Waals surface area contributed by atoms with Crippen molar-refractivity contribution >= 4 is 23.0 Å². The quantitative estimate of drug-likeness (QED) is 0.506. The van der Waals surface area contributed by atoms with Gasteiger partial charge in [-0.05, 0) is 24.3 Å². The van der Waals surface area contributed by atoms with Gasteiger partial charge in [0.2, 0.25) is 5.91 Å². The standard InChI is InChI=1S/C23H21N3O3/c1-26-14-13-24-23(26)22(18-8-4-6-10-20(18)28-2)25-21(27)12-11-17-15-16-7-3-5-9-19(16)29-17/h3-15,22H,1-2H3,(H,25,27)/b12-11+. The second-order valence-corrected chi connectivity index (χ2v) is 6.60. The van der Waals surface area contributed by atoms with Crippen LogP contribution in [0.3, 0.4) is 0 Å². The molecule has 4 rings (SSSR count). The molecule has 6 nitrogen and oxygen atoms in total. The van der Waals surface area contributed by atoms with Crippen LogP contribution in [0.25, 0.3) is 17.0 Å². The van der Waals surface area contributed by atoms with Crippen molar-refractivity contribution in [2.75, 3.05) is 7.11 Å². The highest BCUT2D eigenvalue weighted by Gasteiger charge is 2.23. The van der Waals surface area contributed by atoms with E-state index in [-0.39, 0.29) is 5.91 Å². The van der Waals surface area contributed by atoms with Gasteiger partial charge in [0.15, 0.2) is 0 Å². The number of fused-ring (bicyclic) bond motifs is 1. The van der Waals surface area contributed by atoms with Gasteiger partial charge in [0.25, 0.3) is 0 Å². The molecule has 0 fully saturated rings. The Balaban J connectivity index is 1.60. The second kappa shape index (κ2) is 8.06. The average molecular weight is 387 g/mol. The smallest absolute Gasteiger partial charge is 0.244 e. The van der Waals surface area contributed by atoms with Crippen molar-refractivity contribution in [3.63, 3.8) is 0 Å². The number of rotatable bonds is 6. The maximum atomic E-state index is 12.7. The third kappa shape index (κ3) is 3.91. The number of amides is 1. The van der Waals surface area contributed by atoms with E-state index in [1.54, 1.807) is 19.4 Å². The van der Waals surface area contributed by atoms with Gasteiger partial charge >= 0.3 is 0 Å². The van der Waals surface area contributed by atoms with Crippen molar-refractivity contribution in [1.82, 2.24) is 14.9 Å². The van der Waals surface area contributed by atoms with Crippen molar-refractivity contribution in [3.8, 4) is 5.75 Å². The number of furan rings is 1. The first-order chi connectivity index (χ1) is 14.2. The van der Waals surface area contributed by atoms with Gasteiger partial charge in [-0.1, -0.05) is 36.4 Å². The number of nitrogens with zero attached hydrogens (tertiary/aromatic N) is 2. The van der Waals surface area contributed by atoms with E-state index < -0.39 is 6.04 Å². The van der Waals surface area contributed by atoms with Crippen LogP contribution in [0.1, 0.15) is 23.2 Å². The molecule has 1 atom stereocenters. The number of benzene rings is 2. The molecule has 2 aromatic heterocycles. The van der Waals surface area contributed by atoms with Gasteiger partial charge in [-0.25, -0.2) is 4.98 Å². The lowest BCUT2D eigenvalue weighted by atomic mass is 10.0. The Labute approximate surface area is 168 Å². The van der Waals surface area contributed by atoms with Crippen LogP contribution in [0.2, 0.25) is 0 Å². The summed E-state index contributed by atoms with van der Waals surface area (Å²) in [6.07, 6.45) is 6.67. The van der Waals surface area contributed by atoms with Crippen LogP contribution < -0.4 is 10.1 Å². The summed E-state index contributed by atoms with van der Waals surface area (Å²) in [7, 11) is 3.50. The van der Waals surface area contributed by atoms with Crippen molar-refractivity contribution in [3.05, 3.63) is 90.2 Å². The molecule has 0 aliphatic carbocycles. The van der Waals surface area contributed by atoms with Crippen molar-refractivity contribution in [2.24, 2.45) is 7.05 Å². The van der Waals surface area contributed by atoms with Crippen LogP contribution in [-0.2, 0) is 11.8 Å². The van der Waals surface area contributed by atoms with E-state index >= 15 is 0 Å². The number of aryl methyl sites for hydroxylation is 1. The highest BCUT2D eigenvalue weighted by Crippen LogP contribution is 2.29. The molecule has 1 unspecified atom stereocenters. The SMILES string of the molecule is COc1ccccc1C(NC(=O)/C=C/c1cc2ccccc2o1)c1nccn1C. The molecule has 2 aromatic carbocycles. The normalized spacial score (nSPS) is 12.3. The predicted molar refractivity (Wildman–Crippen MR) is 111 cm³/mol. The van der Waals surface area contributed by atoms with Gasteiger partial charge in [-0.15, -0.1) is 0 Å². The Bertz CT molecular complexity index is 1140. The topological polar surface area (TPSA) is 69.3 Å². The highest BCUT2D eigenvalue weighted by molar-refractivity contribution is 5.92. The van der Waals surface area contributed by atoms with Gasteiger partial charge in [-0.2, -0.15) is 0 Å². The fourth-order valence-corrected chi connectivity index (χ4v) is 3.27. The molecule has 1 N–H and O–H groups in total. The predicted octanol–water partition coefficient (Wildman–Crippen LogP) is 4.09. The van der Waals surface area contributed by atoms with E-state index in [4.69, 9.17) is 9.15 Å². The van der Waals surface area contributed by atoms with E-state index in [9.17, 15) is 4.79 Å². The fraction of sp³-hybridized carbons (Fsp3) is 0.130. The molecule has 0 aliphatic rings. The number of carbonyl (C=O) groups excluding carboxylic acids is 1. The first-order valence-electron chi connectivity index (χ1n) is 9.23. The van der Waals surface area contributed by atoms with Crippen LogP contribution in [0, 0.1) is 0 Å². The Morgan fingerprint density at radius 2 is 2.00 bits per heavy atom. The third-order valence-electron chi connectivity index (χ3n) is 4.70. The average Bonchev–Trinajstić information content (AvgIpc) is 3.36. The van der Waals surface area contributed by atoms with E-state index in [1.165, 1.54) is 6.08 Å². The van der Waals surface area contributed by atoms with Crippen LogP contribution in [0.4, 0.5) is 0 Å². The maximum absolute atomic E-state index is 12.7. The molecular formula is C23H21N3O3. The van der Waals surface area contributed by atoms with Crippen LogP contribution in [0.15, 0.2) is 77.5 Å². The number of hydrogen-bond acceptors (Lipinski definition) is 4. The van der Waals surface area contributed by atoms with E-state index in [2.05, 4.69) is 10.3 Å². The summed E-state index contributed by atoms with van der Waals surface area (Å²) in [5.41, 5.74) is 1.61. The summed E-state index contributed by atoms with van der Waals surface area (Å²) in [5.74, 6) is 1.75. The molecule has 0 saturated heterocycles. The summed E-state index contributed by atoms with van der Waals surface area (Å²) in [4.78, 5) is 17.1. The Morgan fingerprint density at radius 3 is 2.76 bits per heavy atom. The van der Waals surface area contributed by atoms with Crippen LogP contribution in [0.5, 0.6) is 5.75 Å². The number of aromatic nitrogens is 2. The molecule has 0 aliphatic heterocycles. The lowest BCUT2D eigenvalue weighted by Crippen LogP contribution is -2.30. The lowest BCUT2D eigenvalue weighted by molar-refractivity contribution is -0.117. The number of nitrogens with one attached hydrogen (secondary N) is 1. The third-order valence-corrected chi connectivity index (χ3v) is 4.70. The maximum Gasteiger partial charge on any atom is 0.244 e. The minimum atomic E-state index is -0.459. The molecule has 29 heavy (non-hydrogen) atoms. The molecule has 6 heteroatoms. The van der Waals surface area contributed by atoms with Crippen LogP contribution >= 0.6 is 0 Å². The zero-order chi connectivity index (χ0) is 20.2. The Morgan fingerprint density at radius 1 is 1.21 bits per heavy atom. The minimum absolute atomic E-state index is 0.260. The number of methoxy groups -OCH3 is 1. The summed E-state index contributed by atoms with van der Waals surface area (Å²) in [5, 5.41) is 4.02. The van der Waals surface area contributed by atoms with Gasteiger partial charge in [-0.3, -0.25) is 4.79 Å². The van der Waals surface area contributed by atoms with E-state index in [1.807, 2.05) is 72.4 Å². The highest BCUT2D eigenvalue weighted by atomic mass is 16.5. The van der Waals surface area contributed by atoms with Crippen molar-refractivity contribution < 1.29 is 13.9 Å². The van der Waals surface area contributed by atoms with Gasteiger partial charge in [0.05, 0.1) is 7.11 Å². The molecule has 2 heterocycles. The van der Waals surface area contributed by atoms with E-state index in [0.29, 0.717) is 17.3 Å². The summed E-state index contributed by atoms with van der Waals surface area (Å²) < 4.78 is 13.1. The minimum Gasteiger partial charge on any atom is -0.496 e. The van der Waals surface area contributed by atoms with Crippen LogP contribution in [-0.4, -0.2) is 22.6 Å². The zero-order valence-electron chi connectivity index (χ0n) is 16.2. The molecule has 0 spiro atoms. The molecule has 0 radical (unpaired) electrons. The van der Waals surface area contributed by atoms with Gasteiger partial charge in [0, 0.05) is 36.5 Å². The summed E-state index contributed by atoms with van der Waals surface area (Å²) in [6.45, 7) is 0. The van der Waals surface area contributed by atoms with Gasteiger partial charge < -0.3 is 19.0 Å². The summed E-state index contributed by atoms with van der Waals surface area (Å²) in [6, 6.07) is 16.7. The molecular weight excluding hydrogens is 366 g/mol. The van der Waals surface area contributed by atoms with Crippen molar-refractivity contribution in [2.45, 2.75) is 6.04 Å². The number of carbonyl (C=O) groups is 1. The zero-order valence-corrected chi connectivity index (χ0v) is 16.2. The monoisotopic (exact) mass is 387 g/mol.